The molecule has 1 amide bonds. The van der Waals surface area contributed by atoms with Gasteiger partial charge in [-0.2, -0.15) is 0 Å². The second kappa shape index (κ2) is 4.84. The molecule has 0 unspecified atom stereocenters. The Hall–Kier alpha value is -1.06. The lowest BCUT2D eigenvalue weighted by atomic mass is 10.1. The number of hydrogen-bond acceptors (Lipinski definition) is 3. The molecule has 4 nitrogen and oxygen atoms in total. The fourth-order valence-electron chi connectivity index (χ4n) is 0.630. The molecule has 0 saturated heterocycles. The van der Waals surface area contributed by atoms with Crippen molar-refractivity contribution in [3.8, 4) is 0 Å². The molecule has 0 aromatic rings. The highest BCUT2D eigenvalue weighted by Gasteiger charge is 2.14. The van der Waals surface area contributed by atoms with Gasteiger partial charge in [0.15, 0.2) is 0 Å². The number of carbonyl (C=O) groups is 2. The third-order valence-corrected chi connectivity index (χ3v) is 1.16. The molecule has 13 heavy (non-hydrogen) atoms. The zero-order valence-corrected chi connectivity index (χ0v) is 8.64. The second-order valence-corrected chi connectivity index (χ2v) is 3.96. The maximum atomic E-state index is 11.0. The van der Waals surface area contributed by atoms with Crippen molar-refractivity contribution in [2.24, 2.45) is 0 Å². The summed E-state index contributed by atoms with van der Waals surface area (Å²) in [6.45, 7) is 7.19. The molecule has 0 saturated carbocycles. The van der Waals surface area contributed by atoms with Gasteiger partial charge in [-0.05, 0) is 27.7 Å². The summed E-state index contributed by atoms with van der Waals surface area (Å²) in [6.07, 6.45) is -0.203. The predicted octanol–water partition coefficient (Wildman–Crippen LogP) is 1.49. The van der Waals surface area contributed by atoms with Gasteiger partial charge in [0.2, 0.25) is 0 Å². The van der Waals surface area contributed by atoms with Crippen molar-refractivity contribution in [2.45, 2.75) is 39.7 Å². The lowest BCUT2D eigenvalue weighted by molar-refractivity contribution is -0.117. The van der Waals surface area contributed by atoms with Crippen LogP contribution in [0, 0.1) is 0 Å². The van der Waals surface area contributed by atoms with E-state index in [4.69, 9.17) is 4.74 Å². The average Bonchev–Trinajstić information content (AvgIpc) is 1.81. The van der Waals surface area contributed by atoms with Crippen molar-refractivity contribution in [2.75, 3.05) is 6.61 Å². The van der Waals surface area contributed by atoms with Gasteiger partial charge in [-0.3, -0.25) is 4.79 Å². The van der Waals surface area contributed by atoms with Gasteiger partial charge in [-0.25, -0.2) is 4.79 Å². The maximum Gasteiger partial charge on any atom is 0.407 e. The Labute approximate surface area is 78.6 Å². The van der Waals surface area contributed by atoms with Crippen LogP contribution in [0.15, 0.2) is 0 Å². The van der Waals surface area contributed by atoms with Crippen LogP contribution < -0.4 is 5.32 Å². The highest BCUT2D eigenvalue weighted by Crippen LogP contribution is 1.99. The number of ketones is 1. The lowest BCUT2D eigenvalue weighted by Crippen LogP contribution is -2.41. The minimum Gasteiger partial charge on any atom is -0.449 e. The number of amides is 1. The van der Waals surface area contributed by atoms with Gasteiger partial charge < -0.3 is 10.1 Å². The zero-order valence-electron chi connectivity index (χ0n) is 8.64. The number of carbonyl (C=O) groups excluding carboxylic acids is 2. The number of nitrogens with one attached hydrogen (secondary N) is 1. The van der Waals surface area contributed by atoms with E-state index in [1.165, 1.54) is 6.92 Å². The van der Waals surface area contributed by atoms with Crippen molar-refractivity contribution in [1.29, 1.82) is 0 Å². The van der Waals surface area contributed by atoms with E-state index < -0.39 is 6.09 Å². The summed E-state index contributed by atoms with van der Waals surface area (Å²) in [6, 6.07) is 0. The van der Waals surface area contributed by atoms with Crippen molar-refractivity contribution in [3.63, 3.8) is 0 Å². The van der Waals surface area contributed by atoms with E-state index in [2.05, 4.69) is 5.32 Å². The predicted molar refractivity (Wildman–Crippen MR) is 49.5 cm³/mol. The van der Waals surface area contributed by atoms with E-state index in [0.717, 1.165) is 0 Å². The first-order chi connectivity index (χ1) is 5.81. The average molecular weight is 187 g/mol. The standard InChI is InChI=1S/C9H17NO3/c1-7(11)5-6-13-8(12)10-9(2,3)4/h5-6H2,1-4H3,(H,10,12). The van der Waals surface area contributed by atoms with Gasteiger partial charge in [-0.1, -0.05) is 0 Å². The third kappa shape index (κ3) is 8.85. The Bertz CT molecular complexity index is 194. The van der Waals surface area contributed by atoms with Crippen LogP contribution in [0.4, 0.5) is 4.79 Å². The number of rotatable bonds is 3. The van der Waals surface area contributed by atoms with Crippen molar-refractivity contribution < 1.29 is 14.3 Å². The van der Waals surface area contributed by atoms with E-state index in [1.54, 1.807) is 0 Å². The highest BCUT2D eigenvalue weighted by atomic mass is 16.5. The summed E-state index contributed by atoms with van der Waals surface area (Å²) in [5.74, 6) is 0.0172. The maximum absolute atomic E-state index is 11.0. The van der Waals surface area contributed by atoms with E-state index in [9.17, 15) is 9.59 Å². The molecule has 0 bridgehead atoms. The molecule has 0 heterocycles. The van der Waals surface area contributed by atoms with Gasteiger partial charge >= 0.3 is 6.09 Å². The van der Waals surface area contributed by atoms with E-state index in [0.29, 0.717) is 0 Å². The molecule has 0 aliphatic carbocycles. The Morgan fingerprint density at radius 2 is 1.85 bits per heavy atom. The van der Waals surface area contributed by atoms with Gasteiger partial charge in [0.05, 0.1) is 0 Å². The largest absolute Gasteiger partial charge is 0.449 e. The summed E-state index contributed by atoms with van der Waals surface area (Å²) >= 11 is 0. The summed E-state index contributed by atoms with van der Waals surface area (Å²) < 4.78 is 4.76. The normalized spacial score (nSPS) is 10.8. The second-order valence-electron chi connectivity index (χ2n) is 3.96. The van der Waals surface area contributed by atoms with Crippen LogP contribution in [-0.4, -0.2) is 24.0 Å². The molecule has 0 spiro atoms. The van der Waals surface area contributed by atoms with Gasteiger partial charge in [0.25, 0.3) is 0 Å². The summed E-state index contributed by atoms with van der Waals surface area (Å²) in [7, 11) is 0. The molecule has 0 aromatic heterocycles. The molecule has 0 aliphatic rings. The molecule has 0 atom stereocenters. The fourth-order valence-corrected chi connectivity index (χ4v) is 0.630. The smallest absolute Gasteiger partial charge is 0.407 e. The molecule has 4 heteroatoms. The van der Waals surface area contributed by atoms with E-state index >= 15 is 0 Å². The van der Waals surface area contributed by atoms with Crippen molar-refractivity contribution in [1.82, 2.24) is 5.32 Å². The van der Waals surface area contributed by atoms with E-state index in [1.807, 2.05) is 20.8 Å². The van der Waals surface area contributed by atoms with Crippen LogP contribution in [0.25, 0.3) is 0 Å². The van der Waals surface area contributed by atoms with E-state index in [-0.39, 0.29) is 24.3 Å². The molecule has 76 valence electrons. The highest BCUT2D eigenvalue weighted by molar-refractivity contribution is 5.76. The quantitative estimate of drug-likeness (QED) is 0.728. The third-order valence-electron chi connectivity index (χ3n) is 1.16. The molecule has 1 N–H and O–H groups in total. The van der Waals surface area contributed by atoms with Crippen LogP contribution in [0.1, 0.15) is 34.1 Å². The Morgan fingerprint density at radius 3 is 2.23 bits per heavy atom. The number of Topliss-reactive ketones (excluding diaryl/α,β-unsaturated/α-hetero) is 1. The van der Waals surface area contributed by atoms with Crippen LogP contribution in [0.3, 0.4) is 0 Å². The minimum atomic E-state index is -0.478. The van der Waals surface area contributed by atoms with Crippen LogP contribution >= 0.6 is 0 Å². The first-order valence-electron chi connectivity index (χ1n) is 4.25. The summed E-state index contributed by atoms with van der Waals surface area (Å²) in [4.78, 5) is 21.5. The number of alkyl carbamates (subject to hydrolysis) is 1. The Balaban J connectivity index is 3.59. The monoisotopic (exact) mass is 187 g/mol. The first kappa shape index (κ1) is 11.9. The van der Waals surface area contributed by atoms with Crippen molar-refractivity contribution >= 4 is 11.9 Å². The molecule has 0 fully saturated rings. The van der Waals surface area contributed by atoms with Crippen molar-refractivity contribution in [3.05, 3.63) is 0 Å². The number of ether oxygens (including phenoxy) is 1. The molecule has 0 rings (SSSR count). The molecular formula is C9H17NO3. The van der Waals surface area contributed by atoms with Crippen LogP contribution in [-0.2, 0) is 9.53 Å². The minimum absolute atomic E-state index is 0.0172. The SMILES string of the molecule is CC(=O)CCOC(=O)NC(C)(C)C. The summed E-state index contributed by atoms with van der Waals surface area (Å²) in [5, 5.41) is 2.62. The van der Waals surface area contributed by atoms with Crippen LogP contribution in [0.2, 0.25) is 0 Å². The summed E-state index contributed by atoms with van der Waals surface area (Å²) in [5.41, 5.74) is -0.298. The lowest BCUT2D eigenvalue weighted by Gasteiger charge is -2.19. The molecular weight excluding hydrogens is 170 g/mol. The molecule has 0 aromatic carbocycles. The Morgan fingerprint density at radius 1 is 1.31 bits per heavy atom. The molecule has 0 aliphatic heterocycles. The molecule has 0 radical (unpaired) electrons. The van der Waals surface area contributed by atoms with Gasteiger partial charge in [-0.15, -0.1) is 0 Å². The first-order valence-corrected chi connectivity index (χ1v) is 4.25. The fraction of sp³-hybridized carbons (Fsp3) is 0.778. The van der Waals surface area contributed by atoms with Gasteiger partial charge in [0, 0.05) is 12.0 Å². The topological polar surface area (TPSA) is 55.4 Å². The van der Waals surface area contributed by atoms with Crippen LogP contribution in [0.5, 0.6) is 0 Å². The Kier molecular flexibility index (Phi) is 4.45. The number of hydrogen-bond donors (Lipinski definition) is 1. The zero-order chi connectivity index (χ0) is 10.5. The van der Waals surface area contributed by atoms with Gasteiger partial charge in [0.1, 0.15) is 12.4 Å².